The Hall–Kier alpha value is 0.830. The second-order valence-corrected chi connectivity index (χ2v) is 3.97. The summed E-state index contributed by atoms with van der Waals surface area (Å²) in [5.74, 6) is 0.0136. The minimum Gasteiger partial charge on any atom is -0.314 e. The van der Waals surface area contributed by atoms with Gasteiger partial charge in [0.2, 0.25) is 0 Å². The van der Waals surface area contributed by atoms with Gasteiger partial charge in [-0.3, -0.25) is 4.18 Å². The molecule has 0 fully saturated rings. The van der Waals surface area contributed by atoms with Crippen LogP contribution in [0.25, 0.3) is 0 Å². The van der Waals surface area contributed by atoms with Gasteiger partial charge in [-0.25, -0.2) is 0 Å². The molecule has 0 rings (SSSR count). The fourth-order valence-corrected chi connectivity index (χ4v) is 1.47. The van der Waals surface area contributed by atoms with Crippen molar-refractivity contribution in [1.29, 1.82) is 0 Å². The summed E-state index contributed by atoms with van der Waals surface area (Å²) in [5.41, 5.74) is 10.2. The maximum absolute atomic E-state index is 10.8. The number of hydrogen-bond donors (Lipinski definition) is 2. The molecule has 5 nitrogen and oxygen atoms in total. The molecule has 0 aromatic rings. The van der Waals surface area contributed by atoms with E-state index in [0.717, 1.165) is 0 Å². The van der Waals surface area contributed by atoms with E-state index < -0.39 is 16.3 Å². The van der Waals surface area contributed by atoms with Crippen LogP contribution in [0, 0.1) is 0 Å². The summed E-state index contributed by atoms with van der Waals surface area (Å²) < 4.78 is 26.1. The van der Waals surface area contributed by atoms with E-state index in [-0.39, 0.29) is 41.9 Å². The molecular weight excluding hydrogens is 191 g/mol. The average molecular weight is 205 g/mol. The Morgan fingerprint density at radius 2 is 1.92 bits per heavy atom. The maximum atomic E-state index is 10.8. The van der Waals surface area contributed by atoms with E-state index in [1.54, 1.807) is 6.92 Å². The van der Waals surface area contributed by atoms with Crippen LogP contribution in [0.3, 0.4) is 0 Å². The fraction of sp³-hybridized carbons (Fsp3) is 1.00. The first kappa shape index (κ1) is 15.3. The molecule has 4 N–H and O–H groups in total. The summed E-state index contributed by atoms with van der Waals surface area (Å²) in [7, 11) is -3.39. The standard InChI is InChI=1S/C5H14N2O3S.Na/c1-2-3-11(8,9)10-4-5(6)7;/h5H,2-4,6-7H2,1H3;. The van der Waals surface area contributed by atoms with Gasteiger partial charge >= 0.3 is 0 Å². The van der Waals surface area contributed by atoms with E-state index in [4.69, 9.17) is 11.5 Å². The largest absolute Gasteiger partial charge is 0.314 e. The molecule has 0 aliphatic carbocycles. The Morgan fingerprint density at radius 1 is 1.42 bits per heavy atom. The van der Waals surface area contributed by atoms with Gasteiger partial charge in [0.05, 0.1) is 18.5 Å². The smallest absolute Gasteiger partial charge is 0.267 e. The van der Waals surface area contributed by atoms with E-state index in [1.165, 1.54) is 0 Å². The number of rotatable bonds is 5. The van der Waals surface area contributed by atoms with Crippen molar-refractivity contribution < 1.29 is 12.6 Å². The molecule has 0 spiro atoms. The minimum atomic E-state index is -3.39. The quantitative estimate of drug-likeness (QED) is 0.327. The van der Waals surface area contributed by atoms with Crippen molar-refractivity contribution in [2.24, 2.45) is 11.5 Å². The molecule has 69 valence electrons. The van der Waals surface area contributed by atoms with Gasteiger partial charge < -0.3 is 11.5 Å². The molecule has 0 saturated heterocycles. The van der Waals surface area contributed by atoms with Crippen molar-refractivity contribution >= 4 is 39.7 Å². The van der Waals surface area contributed by atoms with Crippen LogP contribution >= 0.6 is 0 Å². The van der Waals surface area contributed by atoms with Crippen LogP contribution < -0.4 is 11.5 Å². The molecule has 0 aliphatic heterocycles. The van der Waals surface area contributed by atoms with Gasteiger partial charge in [0, 0.05) is 29.6 Å². The minimum absolute atomic E-state index is 0. The predicted molar refractivity (Wildman–Crippen MR) is 47.9 cm³/mol. The summed E-state index contributed by atoms with van der Waals surface area (Å²) in [5, 5.41) is 0. The van der Waals surface area contributed by atoms with E-state index in [1.807, 2.05) is 0 Å². The summed E-state index contributed by atoms with van der Waals surface area (Å²) >= 11 is 0. The molecule has 12 heavy (non-hydrogen) atoms. The van der Waals surface area contributed by atoms with E-state index in [9.17, 15) is 8.42 Å². The fourth-order valence-electron chi connectivity index (χ4n) is 0.491. The Morgan fingerprint density at radius 3 is 2.25 bits per heavy atom. The normalized spacial score (nSPS) is 11.3. The number of nitrogens with two attached hydrogens (primary N) is 2. The van der Waals surface area contributed by atoms with Crippen LogP contribution in [0.4, 0.5) is 0 Å². The van der Waals surface area contributed by atoms with Crippen LogP contribution in [0.5, 0.6) is 0 Å². The van der Waals surface area contributed by atoms with Gasteiger partial charge in [-0.15, -0.1) is 0 Å². The first-order valence-corrected chi connectivity index (χ1v) is 4.94. The van der Waals surface area contributed by atoms with Crippen LogP contribution in [-0.4, -0.2) is 56.5 Å². The first-order chi connectivity index (χ1) is 4.98. The Balaban J connectivity index is 0. The molecule has 0 atom stereocenters. The van der Waals surface area contributed by atoms with Gasteiger partial charge in [0.15, 0.2) is 0 Å². The van der Waals surface area contributed by atoms with Crippen molar-refractivity contribution in [3.8, 4) is 0 Å². The molecule has 0 amide bonds. The third-order valence-corrected chi connectivity index (χ3v) is 2.30. The maximum Gasteiger partial charge on any atom is 0.267 e. The van der Waals surface area contributed by atoms with Crippen molar-refractivity contribution in [2.45, 2.75) is 19.5 Å². The van der Waals surface area contributed by atoms with Gasteiger partial charge in [0.25, 0.3) is 10.1 Å². The monoisotopic (exact) mass is 205 g/mol. The zero-order valence-corrected chi connectivity index (χ0v) is 10.3. The second-order valence-electron chi connectivity index (χ2n) is 2.21. The molecule has 0 aromatic carbocycles. The summed E-state index contributed by atoms with van der Waals surface area (Å²) in [4.78, 5) is 0. The SMILES string of the molecule is CCCS(=O)(=O)OCC(N)N.[Na]. The first-order valence-electron chi connectivity index (χ1n) is 3.36. The van der Waals surface area contributed by atoms with E-state index in [0.29, 0.717) is 6.42 Å². The van der Waals surface area contributed by atoms with Crippen LogP contribution in [0.1, 0.15) is 13.3 Å². The Labute approximate surface area is 95.2 Å². The molecule has 0 saturated carbocycles. The van der Waals surface area contributed by atoms with E-state index in [2.05, 4.69) is 4.18 Å². The van der Waals surface area contributed by atoms with Gasteiger partial charge in [-0.2, -0.15) is 8.42 Å². The van der Waals surface area contributed by atoms with Crippen molar-refractivity contribution in [2.75, 3.05) is 12.4 Å². The Bertz CT molecular complexity index is 193. The molecule has 1 radical (unpaired) electrons. The second kappa shape index (κ2) is 7.25. The summed E-state index contributed by atoms with van der Waals surface area (Å²) in [6.07, 6.45) is -0.205. The zero-order chi connectivity index (χ0) is 8.91. The van der Waals surface area contributed by atoms with Crippen LogP contribution in [0.15, 0.2) is 0 Å². The molecule has 0 unspecified atom stereocenters. The molecular formula is C5H14N2NaO3S. The summed E-state index contributed by atoms with van der Waals surface area (Å²) in [6.45, 7) is 1.60. The molecule has 0 aliphatic rings. The number of hydrogen-bond acceptors (Lipinski definition) is 5. The van der Waals surface area contributed by atoms with Crippen molar-refractivity contribution in [1.82, 2.24) is 0 Å². The third kappa shape index (κ3) is 8.92. The third-order valence-electron chi connectivity index (χ3n) is 0.894. The average Bonchev–Trinajstić information content (AvgIpc) is 1.84. The zero-order valence-electron chi connectivity index (χ0n) is 7.49. The van der Waals surface area contributed by atoms with Gasteiger partial charge in [0.1, 0.15) is 0 Å². The van der Waals surface area contributed by atoms with Gasteiger partial charge in [-0.05, 0) is 6.42 Å². The van der Waals surface area contributed by atoms with Crippen molar-refractivity contribution in [3.05, 3.63) is 0 Å². The molecule has 7 heteroatoms. The topological polar surface area (TPSA) is 95.4 Å². The van der Waals surface area contributed by atoms with Crippen LogP contribution in [-0.2, 0) is 14.3 Å². The van der Waals surface area contributed by atoms with Gasteiger partial charge in [-0.1, -0.05) is 6.92 Å². The van der Waals surface area contributed by atoms with Crippen molar-refractivity contribution in [3.63, 3.8) is 0 Å². The molecule has 0 heterocycles. The van der Waals surface area contributed by atoms with Crippen LogP contribution in [0.2, 0.25) is 0 Å². The predicted octanol–water partition coefficient (Wildman–Crippen LogP) is -1.39. The molecule has 0 aromatic heterocycles. The van der Waals surface area contributed by atoms with E-state index >= 15 is 0 Å². The summed E-state index contributed by atoms with van der Waals surface area (Å²) in [6, 6.07) is 0. The Kier molecular flexibility index (Phi) is 9.25. The molecule has 0 bridgehead atoms.